The smallest absolute Gasteiger partial charge is 0.163 e. The summed E-state index contributed by atoms with van der Waals surface area (Å²) in [6.45, 7) is 1.46. The molecule has 7 heavy (non-hydrogen) atoms. The number of hydrogen-bond donors (Lipinski definition) is 0. The van der Waals surface area contributed by atoms with Crippen molar-refractivity contribution in [2.45, 2.75) is 12.6 Å². The molecule has 0 amide bonds. The molecule has 0 bridgehead atoms. The van der Waals surface area contributed by atoms with Crippen molar-refractivity contribution < 1.29 is 4.39 Å². The maximum absolute atomic E-state index is 12.4. The lowest BCUT2D eigenvalue weighted by Gasteiger charge is -2.00. The third-order valence-electron chi connectivity index (χ3n) is 0.813. The van der Waals surface area contributed by atoms with Crippen LogP contribution in [0.4, 0.5) is 4.39 Å². The summed E-state index contributed by atoms with van der Waals surface area (Å²) < 4.78 is 12.4. The van der Waals surface area contributed by atoms with Crippen molar-refractivity contribution in [2.75, 3.05) is 0 Å². The Morgan fingerprint density at radius 1 is 1.71 bits per heavy atom. The SMILES string of the molecule is CC1(F)C=CN=C1. The fourth-order valence-corrected chi connectivity index (χ4v) is 0.421. The zero-order valence-electron chi connectivity index (χ0n) is 4.06. The van der Waals surface area contributed by atoms with Crippen molar-refractivity contribution in [3.05, 3.63) is 12.3 Å². The molecule has 0 aromatic heterocycles. The molecular formula is C5H6FN. The summed E-state index contributed by atoms with van der Waals surface area (Å²) in [7, 11) is 0. The summed E-state index contributed by atoms with van der Waals surface area (Å²) >= 11 is 0. The first kappa shape index (κ1) is 4.50. The third-order valence-corrected chi connectivity index (χ3v) is 0.813. The second-order valence-electron chi connectivity index (χ2n) is 1.75. The van der Waals surface area contributed by atoms with Crippen LogP contribution in [0.5, 0.6) is 0 Å². The molecule has 0 saturated carbocycles. The van der Waals surface area contributed by atoms with Gasteiger partial charge in [0.2, 0.25) is 0 Å². The quantitative estimate of drug-likeness (QED) is 0.434. The van der Waals surface area contributed by atoms with Gasteiger partial charge in [0.15, 0.2) is 5.67 Å². The van der Waals surface area contributed by atoms with Crippen LogP contribution in [0.2, 0.25) is 0 Å². The highest BCUT2D eigenvalue weighted by Gasteiger charge is 2.17. The van der Waals surface area contributed by atoms with Crippen LogP contribution in [0, 0.1) is 0 Å². The molecule has 0 fully saturated rings. The topological polar surface area (TPSA) is 12.4 Å². The van der Waals surface area contributed by atoms with Crippen LogP contribution >= 0.6 is 0 Å². The molecular weight excluding hydrogens is 93.1 g/mol. The molecule has 1 atom stereocenters. The Morgan fingerprint density at radius 2 is 2.43 bits per heavy atom. The van der Waals surface area contributed by atoms with Crippen LogP contribution in [0.25, 0.3) is 0 Å². The van der Waals surface area contributed by atoms with Gasteiger partial charge >= 0.3 is 0 Å². The molecule has 0 N–H and O–H groups in total. The lowest BCUT2D eigenvalue weighted by atomic mass is 10.2. The van der Waals surface area contributed by atoms with Gasteiger partial charge in [-0.1, -0.05) is 0 Å². The zero-order valence-corrected chi connectivity index (χ0v) is 4.06. The molecule has 0 aromatic rings. The summed E-state index contributed by atoms with van der Waals surface area (Å²) in [5.41, 5.74) is -1.28. The van der Waals surface area contributed by atoms with Crippen LogP contribution in [0.3, 0.4) is 0 Å². The lowest BCUT2D eigenvalue weighted by molar-refractivity contribution is 0.366. The van der Waals surface area contributed by atoms with E-state index in [0.717, 1.165) is 0 Å². The van der Waals surface area contributed by atoms with Gasteiger partial charge in [-0.05, 0) is 13.0 Å². The number of aliphatic imine (C=N–C) groups is 1. The van der Waals surface area contributed by atoms with Crippen molar-refractivity contribution in [3.63, 3.8) is 0 Å². The minimum absolute atomic E-state index is 1.27. The second-order valence-corrected chi connectivity index (χ2v) is 1.75. The van der Waals surface area contributed by atoms with E-state index in [1.54, 1.807) is 0 Å². The molecule has 1 rings (SSSR count). The molecule has 1 nitrogen and oxygen atoms in total. The number of allylic oxidation sites excluding steroid dienone is 1. The van der Waals surface area contributed by atoms with Crippen molar-refractivity contribution in [3.8, 4) is 0 Å². The molecule has 0 aliphatic carbocycles. The summed E-state index contributed by atoms with van der Waals surface area (Å²) in [6.07, 6.45) is 4.14. The fraction of sp³-hybridized carbons (Fsp3) is 0.400. The first-order valence-electron chi connectivity index (χ1n) is 2.12. The highest BCUT2D eigenvalue weighted by Crippen LogP contribution is 2.12. The van der Waals surface area contributed by atoms with Gasteiger partial charge in [0, 0.05) is 12.4 Å². The van der Waals surface area contributed by atoms with E-state index in [9.17, 15) is 4.39 Å². The minimum atomic E-state index is -1.28. The molecule has 1 heterocycles. The molecule has 0 radical (unpaired) electrons. The predicted molar refractivity (Wildman–Crippen MR) is 27.1 cm³/mol. The maximum Gasteiger partial charge on any atom is 0.163 e. The summed E-state index contributed by atoms with van der Waals surface area (Å²) in [5, 5.41) is 0. The largest absolute Gasteiger partial charge is 0.266 e. The number of hydrogen-bond acceptors (Lipinski definition) is 1. The summed E-state index contributed by atoms with van der Waals surface area (Å²) in [6, 6.07) is 0. The van der Waals surface area contributed by atoms with E-state index in [2.05, 4.69) is 4.99 Å². The highest BCUT2D eigenvalue weighted by atomic mass is 19.1. The van der Waals surface area contributed by atoms with Gasteiger partial charge in [-0.25, -0.2) is 4.39 Å². The van der Waals surface area contributed by atoms with Crippen LogP contribution in [-0.4, -0.2) is 11.9 Å². The third kappa shape index (κ3) is 0.856. The number of nitrogens with zero attached hydrogens (tertiary/aromatic N) is 1. The highest BCUT2D eigenvalue weighted by molar-refractivity contribution is 5.74. The van der Waals surface area contributed by atoms with Crippen molar-refractivity contribution in [2.24, 2.45) is 4.99 Å². The number of rotatable bonds is 0. The molecule has 38 valence electrons. The molecule has 0 saturated heterocycles. The Morgan fingerprint density at radius 3 is 2.57 bits per heavy atom. The Labute approximate surface area is 41.6 Å². The number of halogens is 1. The Bertz CT molecular complexity index is 110. The van der Waals surface area contributed by atoms with Crippen molar-refractivity contribution in [1.82, 2.24) is 0 Å². The minimum Gasteiger partial charge on any atom is -0.266 e. The first-order valence-corrected chi connectivity index (χ1v) is 2.12. The lowest BCUT2D eigenvalue weighted by Crippen LogP contribution is -2.11. The standard InChI is InChI=1S/C5H6FN/c1-5(6)2-3-7-4-5/h2-4H,1H3. The monoisotopic (exact) mass is 99.0 g/mol. The van der Waals surface area contributed by atoms with Gasteiger partial charge in [-0.2, -0.15) is 0 Å². The molecule has 2 heteroatoms. The predicted octanol–water partition coefficient (Wildman–Crippen LogP) is 1.31. The summed E-state index contributed by atoms with van der Waals surface area (Å²) in [5.74, 6) is 0. The van der Waals surface area contributed by atoms with E-state index in [4.69, 9.17) is 0 Å². The summed E-state index contributed by atoms with van der Waals surface area (Å²) in [4.78, 5) is 3.56. The van der Waals surface area contributed by atoms with E-state index >= 15 is 0 Å². The van der Waals surface area contributed by atoms with Crippen LogP contribution in [-0.2, 0) is 0 Å². The average molecular weight is 99.1 g/mol. The molecule has 0 spiro atoms. The molecule has 1 aliphatic heterocycles. The fourth-order valence-electron chi connectivity index (χ4n) is 0.421. The van der Waals surface area contributed by atoms with Crippen LogP contribution in [0.15, 0.2) is 17.3 Å². The van der Waals surface area contributed by atoms with Crippen molar-refractivity contribution >= 4 is 6.21 Å². The van der Waals surface area contributed by atoms with Crippen LogP contribution in [0.1, 0.15) is 6.92 Å². The first-order chi connectivity index (χ1) is 3.21. The van der Waals surface area contributed by atoms with E-state index in [0.29, 0.717) is 0 Å². The molecule has 0 aromatic carbocycles. The average Bonchev–Trinajstić information content (AvgIpc) is 1.84. The van der Waals surface area contributed by atoms with Gasteiger partial charge in [0.25, 0.3) is 0 Å². The van der Waals surface area contributed by atoms with Crippen molar-refractivity contribution in [1.29, 1.82) is 0 Å². The van der Waals surface area contributed by atoms with Gasteiger partial charge in [0.05, 0.1) is 0 Å². The zero-order chi connectivity index (χ0) is 5.33. The second kappa shape index (κ2) is 1.15. The Hall–Kier alpha value is -0.660. The number of alkyl halides is 1. The maximum atomic E-state index is 12.4. The van der Waals surface area contributed by atoms with Crippen LogP contribution < -0.4 is 0 Å². The van der Waals surface area contributed by atoms with E-state index in [1.807, 2.05) is 0 Å². The normalized spacial score (nSPS) is 37.4. The van der Waals surface area contributed by atoms with E-state index in [-0.39, 0.29) is 0 Å². The van der Waals surface area contributed by atoms with E-state index < -0.39 is 5.67 Å². The Balaban J connectivity index is 2.77. The van der Waals surface area contributed by atoms with Gasteiger partial charge in [-0.3, -0.25) is 4.99 Å². The Kier molecular flexibility index (Phi) is 0.741. The van der Waals surface area contributed by atoms with Gasteiger partial charge < -0.3 is 0 Å². The van der Waals surface area contributed by atoms with E-state index in [1.165, 1.54) is 25.4 Å². The molecule has 1 aliphatic rings. The molecule has 1 unspecified atom stereocenters. The van der Waals surface area contributed by atoms with Gasteiger partial charge in [-0.15, -0.1) is 0 Å². The van der Waals surface area contributed by atoms with Gasteiger partial charge in [0.1, 0.15) is 0 Å².